The maximum atomic E-state index is 6.15. The molecule has 0 amide bonds. The number of rotatable bonds is 6. The van der Waals surface area contributed by atoms with Gasteiger partial charge >= 0.3 is 0 Å². The third-order valence-corrected chi connectivity index (χ3v) is 5.18. The predicted molar refractivity (Wildman–Crippen MR) is 74.0 cm³/mol. The molecule has 0 aromatic rings. The lowest BCUT2D eigenvalue weighted by atomic mass is 9.73. The topological polar surface area (TPSA) is 29.3 Å². The highest BCUT2D eigenvalue weighted by Crippen LogP contribution is 2.47. The number of nitrogens with zero attached hydrogens (tertiary/aromatic N) is 1. The fourth-order valence-corrected chi connectivity index (χ4v) is 3.68. The maximum absolute atomic E-state index is 6.15. The van der Waals surface area contributed by atoms with Gasteiger partial charge in [0.15, 0.2) is 0 Å². The van der Waals surface area contributed by atoms with Gasteiger partial charge in [-0.3, -0.25) is 4.90 Å². The molecule has 0 aliphatic heterocycles. The molecule has 0 saturated heterocycles. The number of likely N-dealkylation sites (N-methyl/N-ethyl adjacent to an activating group) is 1. The molecule has 2 rings (SSSR count). The summed E-state index contributed by atoms with van der Waals surface area (Å²) >= 11 is 0. The van der Waals surface area contributed by atoms with E-state index in [1.54, 1.807) is 0 Å². The van der Waals surface area contributed by atoms with Gasteiger partial charge in [-0.2, -0.15) is 0 Å². The quantitative estimate of drug-likeness (QED) is 0.771. The number of nitrogens with two attached hydrogens (primary N) is 1. The van der Waals surface area contributed by atoms with E-state index in [4.69, 9.17) is 5.73 Å². The summed E-state index contributed by atoms with van der Waals surface area (Å²) in [5, 5.41) is 0. The fraction of sp³-hybridized carbons (Fsp3) is 1.00. The van der Waals surface area contributed by atoms with E-state index in [-0.39, 0.29) is 0 Å². The number of hydrogen-bond acceptors (Lipinski definition) is 2. The van der Waals surface area contributed by atoms with Crippen LogP contribution < -0.4 is 5.73 Å². The van der Waals surface area contributed by atoms with Crippen LogP contribution in [0.2, 0.25) is 0 Å². The molecule has 2 aliphatic rings. The van der Waals surface area contributed by atoms with Gasteiger partial charge in [-0.25, -0.2) is 0 Å². The summed E-state index contributed by atoms with van der Waals surface area (Å²) < 4.78 is 0. The van der Waals surface area contributed by atoms with E-state index >= 15 is 0 Å². The molecule has 2 N–H and O–H groups in total. The van der Waals surface area contributed by atoms with E-state index in [1.807, 2.05) is 0 Å². The zero-order valence-corrected chi connectivity index (χ0v) is 11.8. The first kappa shape index (κ1) is 13.4. The molecule has 0 spiro atoms. The summed E-state index contributed by atoms with van der Waals surface area (Å²) in [5.41, 5.74) is 6.49. The lowest BCUT2D eigenvalue weighted by Gasteiger charge is -2.47. The first-order chi connectivity index (χ1) is 8.22. The van der Waals surface area contributed by atoms with Crippen molar-refractivity contribution in [2.24, 2.45) is 17.6 Å². The van der Waals surface area contributed by atoms with Crippen molar-refractivity contribution in [3.63, 3.8) is 0 Å². The smallest absolute Gasteiger partial charge is 0.0331 e. The normalized spacial score (nSPS) is 34.2. The second-order valence-electron chi connectivity index (χ2n) is 6.40. The Labute approximate surface area is 107 Å². The molecule has 0 aromatic carbocycles. The van der Waals surface area contributed by atoms with Crippen molar-refractivity contribution in [3.8, 4) is 0 Å². The second kappa shape index (κ2) is 5.71. The Kier molecular flexibility index (Phi) is 4.48. The van der Waals surface area contributed by atoms with Gasteiger partial charge in [0.05, 0.1) is 0 Å². The molecule has 2 heteroatoms. The van der Waals surface area contributed by atoms with Crippen LogP contribution in [-0.2, 0) is 0 Å². The minimum Gasteiger partial charge on any atom is -0.329 e. The van der Waals surface area contributed by atoms with Crippen molar-refractivity contribution < 1.29 is 0 Å². The highest BCUT2D eigenvalue weighted by Gasteiger charge is 2.43. The van der Waals surface area contributed by atoms with Gasteiger partial charge in [-0.15, -0.1) is 0 Å². The first-order valence-corrected chi connectivity index (χ1v) is 7.63. The molecule has 2 atom stereocenters. The Hall–Kier alpha value is -0.0800. The Morgan fingerprint density at radius 2 is 2.00 bits per heavy atom. The average Bonchev–Trinajstić information content (AvgIpc) is 3.20. The first-order valence-electron chi connectivity index (χ1n) is 7.63. The Balaban J connectivity index is 1.96. The van der Waals surface area contributed by atoms with Crippen molar-refractivity contribution >= 4 is 0 Å². The zero-order chi connectivity index (χ0) is 12.3. The minimum atomic E-state index is 0.334. The van der Waals surface area contributed by atoms with Crippen LogP contribution in [0.1, 0.15) is 58.3 Å². The van der Waals surface area contributed by atoms with Gasteiger partial charge in [-0.1, -0.05) is 26.2 Å². The van der Waals surface area contributed by atoms with Gasteiger partial charge in [0.25, 0.3) is 0 Å². The lowest BCUT2D eigenvalue weighted by Crippen LogP contribution is -2.55. The molecule has 2 aliphatic carbocycles. The van der Waals surface area contributed by atoms with Crippen LogP contribution in [0.15, 0.2) is 0 Å². The van der Waals surface area contributed by atoms with E-state index < -0.39 is 0 Å². The summed E-state index contributed by atoms with van der Waals surface area (Å²) in [6, 6.07) is 0. The van der Waals surface area contributed by atoms with Crippen LogP contribution in [0.4, 0.5) is 0 Å². The summed E-state index contributed by atoms with van der Waals surface area (Å²) in [6.45, 7) is 4.36. The average molecular weight is 238 g/mol. The third kappa shape index (κ3) is 3.03. The Bertz CT molecular complexity index is 237. The van der Waals surface area contributed by atoms with E-state index in [0.717, 1.165) is 18.4 Å². The van der Waals surface area contributed by atoms with E-state index in [1.165, 1.54) is 57.9 Å². The molecular weight excluding hydrogens is 208 g/mol. The number of unbranched alkanes of at least 4 members (excludes halogenated alkanes) is 1. The lowest BCUT2D eigenvalue weighted by molar-refractivity contribution is 0.0508. The van der Waals surface area contributed by atoms with Gasteiger partial charge in [0.1, 0.15) is 0 Å². The molecule has 0 bridgehead atoms. The minimum absolute atomic E-state index is 0.334. The monoisotopic (exact) mass is 238 g/mol. The molecule has 0 radical (unpaired) electrons. The molecule has 0 heterocycles. The highest BCUT2D eigenvalue weighted by molar-refractivity contribution is 4.98. The van der Waals surface area contributed by atoms with Crippen molar-refractivity contribution in [2.45, 2.75) is 63.8 Å². The molecule has 17 heavy (non-hydrogen) atoms. The third-order valence-electron chi connectivity index (χ3n) is 5.18. The molecule has 2 saturated carbocycles. The van der Waals surface area contributed by atoms with Gasteiger partial charge in [0.2, 0.25) is 0 Å². The van der Waals surface area contributed by atoms with Crippen LogP contribution in [0, 0.1) is 11.8 Å². The SMILES string of the molecule is CCCCN(C)C1(CN)CCCC(C2CC2)C1. The summed E-state index contributed by atoms with van der Waals surface area (Å²) in [4.78, 5) is 2.59. The van der Waals surface area contributed by atoms with E-state index in [2.05, 4.69) is 18.9 Å². The van der Waals surface area contributed by atoms with Crippen molar-refractivity contribution in [1.82, 2.24) is 4.90 Å². The molecule has 2 fully saturated rings. The van der Waals surface area contributed by atoms with Crippen LogP contribution >= 0.6 is 0 Å². The van der Waals surface area contributed by atoms with Gasteiger partial charge in [0, 0.05) is 12.1 Å². The molecular formula is C15H30N2. The van der Waals surface area contributed by atoms with E-state index in [9.17, 15) is 0 Å². The molecule has 0 aromatic heterocycles. The Morgan fingerprint density at radius 1 is 1.24 bits per heavy atom. The predicted octanol–water partition coefficient (Wildman–Crippen LogP) is 3.02. The van der Waals surface area contributed by atoms with Crippen LogP contribution in [0.5, 0.6) is 0 Å². The van der Waals surface area contributed by atoms with Crippen molar-refractivity contribution in [1.29, 1.82) is 0 Å². The van der Waals surface area contributed by atoms with Crippen LogP contribution in [0.25, 0.3) is 0 Å². The molecule has 2 unspecified atom stereocenters. The summed E-state index contributed by atoms with van der Waals surface area (Å²) in [6.07, 6.45) is 11.1. The summed E-state index contributed by atoms with van der Waals surface area (Å²) in [7, 11) is 2.30. The summed E-state index contributed by atoms with van der Waals surface area (Å²) in [5.74, 6) is 2.04. The second-order valence-corrected chi connectivity index (χ2v) is 6.40. The van der Waals surface area contributed by atoms with E-state index in [0.29, 0.717) is 5.54 Å². The fourth-order valence-electron chi connectivity index (χ4n) is 3.68. The number of hydrogen-bond donors (Lipinski definition) is 1. The van der Waals surface area contributed by atoms with Gasteiger partial charge < -0.3 is 5.73 Å². The zero-order valence-electron chi connectivity index (χ0n) is 11.8. The Morgan fingerprint density at radius 3 is 2.59 bits per heavy atom. The van der Waals surface area contributed by atoms with Gasteiger partial charge in [-0.05, 0) is 57.5 Å². The largest absolute Gasteiger partial charge is 0.329 e. The standard InChI is InChI=1S/C15H30N2/c1-3-4-10-17(2)15(12-16)9-5-6-14(11-15)13-7-8-13/h13-14H,3-12,16H2,1-2H3. The molecule has 100 valence electrons. The van der Waals surface area contributed by atoms with Crippen molar-refractivity contribution in [3.05, 3.63) is 0 Å². The van der Waals surface area contributed by atoms with Crippen LogP contribution in [-0.4, -0.2) is 30.6 Å². The van der Waals surface area contributed by atoms with Crippen LogP contribution in [0.3, 0.4) is 0 Å². The molecule has 2 nitrogen and oxygen atoms in total. The highest BCUT2D eigenvalue weighted by atomic mass is 15.2. The van der Waals surface area contributed by atoms with Crippen molar-refractivity contribution in [2.75, 3.05) is 20.1 Å². The maximum Gasteiger partial charge on any atom is 0.0331 e.